The maximum Gasteiger partial charge on any atom is 0.243 e. The van der Waals surface area contributed by atoms with Gasteiger partial charge < -0.3 is 16.4 Å². The molecule has 0 radical (unpaired) electrons. The molecule has 2 amide bonds. The SMILES string of the molecule is CC(C)[C@H](N)C(=O)NCC(=O)Nc1ccc(Cl)c(Br)c1. The predicted octanol–water partition coefficient (Wildman–Crippen LogP) is 2.14. The largest absolute Gasteiger partial charge is 0.346 e. The molecule has 1 aromatic rings. The van der Waals surface area contributed by atoms with Gasteiger partial charge in [-0.05, 0) is 40.0 Å². The Kier molecular flexibility index (Phi) is 6.45. The van der Waals surface area contributed by atoms with Crippen molar-refractivity contribution in [3.05, 3.63) is 27.7 Å². The quantitative estimate of drug-likeness (QED) is 0.750. The van der Waals surface area contributed by atoms with E-state index >= 15 is 0 Å². The van der Waals surface area contributed by atoms with Crippen molar-refractivity contribution >= 4 is 45.0 Å². The number of carbonyl (C=O) groups is 2. The Bertz CT molecular complexity index is 508. The molecule has 4 N–H and O–H groups in total. The van der Waals surface area contributed by atoms with Crippen molar-refractivity contribution in [1.29, 1.82) is 0 Å². The van der Waals surface area contributed by atoms with Gasteiger partial charge in [0, 0.05) is 10.2 Å². The summed E-state index contributed by atoms with van der Waals surface area (Å²) in [5.41, 5.74) is 6.26. The Morgan fingerprint density at radius 2 is 2.05 bits per heavy atom. The van der Waals surface area contributed by atoms with Crippen LogP contribution in [0.1, 0.15) is 13.8 Å². The van der Waals surface area contributed by atoms with Gasteiger partial charge in [0.1, 0.15) is 0 Å². The second-order valence-electron chi connectivity index (χ2n) is 4.66. The third-order valence-corrected chi connectivity index (χ3v) is 3.86. The van der Waals surface area contributed by atoms with Crippen molar-refractivity contribution in [1.82, 2.24) is 5.32 Å². The molecule has 0 unspecified atom stereocenters. The number of carbonyl (C=O) groups excluding carboxylic acids is 2. The molecule has 0 aromatic heterocycles. The lowest BCUT2D eigenvalue weighted by Gasteiger charge is -2.15. The van der Waals surface area contributed by atoms with Crippen LogP contribution in [-0.2, 0) is 9.59 Å². The molecule has 20 heavy (non-hydrogen) atoms. The average Bonchev–Trinajstić information content (AvgIpc) is 2.39. The normalized spacial score (nSPS) is 12.1. The first-order valence-corrected chi connectivity index (χ1v) is 7.26. The van der Waals surface area contributed by atoms with Gasteiger partial charge in [0.15, 0.2) is 0 Å². The van der Waals surface area contributed by atoms with Crippen LogP contribution in [0.25, 0.3) is 0 Å². The molecule has 0 saturated carbocycles. The van der Waals surface area contributed by atoms with Crippen LogP contribution < -0.4 is 16.4 Å². The first-order valence-electron chi connectivity index (χ1n) is 6.09. The van der Waals surface area contributed by atoms with Crippen LogP contribution in [0.15, 0.2) is 22.7 Å². The average molecular weight is 363 g/mol. The highest BCUT2D eigenvalue weighted by Crippen LogP contribution is 2.25. The summed E-state index contributed by atoms with van der Waals surface area (Å²) in [6.07, 6.45) is 0. The number of rotatable bonds is 5. The van der Waals surface area contributed by atoms with Crippen molar-refractivity contribution in [3.8, 4) is 0 Å². The molecule has 0 saturated heterocycles. The molecule has 0 aliphatic carbocycles. The summed E-state index contributed by atoms with van der Waals surface area (Å²) in [6, 6.07) is 4.40. The third kappa shape index (κ3) is 5.11. The minimum atomic E-state index is -0.618. The van der Waals surface area contributed by atoms with E-state index in [0.717, 1.165) is 0 Å². The van der Waals surface area contributed by atoms with E-state index in [4.69, 9.17) is 17.3 Å². The van der Waals surface area contributed by atoms with Crippen LogP contribution in [-0.4, -0.2) is 24.4 Å². The van der Waals surface area contributed by atoms with Crippen LogP contribution in [0.3, 0.4) is 0 Å². The van der Waals surface area contributed by atoms with E-state index in [0.29, 0.717) is 15.2 Å². The smallest absolute Gasteiger partial charge is 0.243 e. The van der Waals surface area contributed by atoms with Gasteiger partial charge in [0.05, 0.1) is 17.6 Å². The standard InChI is InChI=1S/C13H17BrClN3O2/c1-7(2)12(16)13(20)17-6-11(19)18-8-3-4-10(15)9(14)5-8/h3-5,7,12H,6,16H2,1-2H3,(H,17,20)(H,18,19)/t12-/m0/s1. The molecular weight excluding hydrogens is 346 g/mol. The molecule has 0 bridgehead atoms. The fourth-order valence-corrected chi connectivity index (χ4v) is 1.86. The van der Waals surface area contributed by atoms with Crippen LogP contribution in [0.5, 0.6) is 0 Å². The summed E-state index contributed by atoms with van der Waals surface area (Å²) < 4.78 is 0.683. The molecule has 0 aliphatic rings. The highest BCUT2D eigenvalue weighted by atomic mass is 79.9. The van der Waals surface area contributed by atoms with Crippen LogP contribution >= 0.6 is 27.5 Å². The number of hydrogen-bond donors (Lipinski definition) is 3. The topological polar surface area (TPSA) is 84.2 Å². The zero-order chi connectivity index (χ0) is 15.3. The van der Waals surface area contributed by atoms with E-state index < -0.39 is 6.04 Å². The third-order valence-electron chi connectivity index (χ3n) is 2.65. The minimum Gasteiger partial charge on any atom is -0.346 e. The summed E-state index contributed by atoms with van der Waals surface area (Å²) in [4.78, 5) is 23.3. The molecule has 1 rings (SSSR count). The first-order chi connectivity index (χ1) is 9.31. The van der Waals surface area contributed by atoms with Crippen molar-refractivity contribution in [2.45, 2.75) is 19.9 Å². The van der Waals surface area contributed by atoms with Gasteiger partial charge >= 0.3 is 0 Å². The van der Waals surface area contributed by atoms with Crippen molar-refractivity contribution in [2.75, 3.05) is 11.9 Å². The summed E-state index contributed by atoms with van der Waals surface area (Å²) >= 11 is 9.12. The van der Waals surface area contributed by atoms with Crippen molar-refractivity contribution in [2.24, 2.45) is 11.7 Å². The Balaban J connectivity index is 2.48. The molecule has 0 spiro atoms. The summed E-state index contributed by atoms with van der Waals surface area (Å²) in [5.74, 6) is -0.652. The van der Waals surface area contributed by atoms with Crippen LogP contribution in [0, 0.1) is 5.92 Å². The van der Waals surface area contributed by atoms with E-state index in [2.05, 4.69) is 26.6 Å². The number of amides is 2. The van der Waals surface area contributed by atoms with Crippen molar-refractivity contribution in [3.63, 3.8) is 0 Å². The first kappa shape index (κ1) is 16.9. The van der Waals surface area contributed by atoms with Crippen LogP contribution in [0.4, 0.5) is 5.69 Å². The van der Waals surface area contributed by atoms with E-state index in [1.807, 2.05) is 13.8 Å². The lowest BCUT2D eigenvalue weighted by Crippen LogP contribution is -2.46. The number of benzene rings is 1. The van der Waals surface area contributed by atoms with Gasteiger partial charge in [-0.1, -0.05) is 25.4 Å². The zero-order valence-electron chi connectivity index (χ0n) is 11.2. The maximum absolute atomic E-state index is 11.7. The second kappa shape index (κ2) is 7.61. The fourth-order valence-electron chi connectivity index (χ4n) is 1.37. The molecule has 5 nitrogen and oxygen atoms in total. The van der Waals surface area contributed by atoms with E-state index in [1.54, 1.807) is 18.2 Å². The second-order valence-corrected chi connectivity index (χ2v) is 5.93. The lowest BCUT2D eigenvalue weighted by molar-refractivity contribution is -0.125. The highest BCUT2D eigenvalue weighted by molar-refractivity contribution is 9.10. The van der Waals surface area contributed by atoms with Crippen molar-refractivity contribution < 1.29 is 9.59 Å². The van der Waals surface area contributed by atoms with Gasteiger partial charge in [-0.15, -0.1) is 0 Å². The highest BCUT2D eigenvalue weighted by Gasteiger charge is 2.17. The molecule has 1 atom stereocenters. The molecule has 1 aromatic carbocycles. The van der Waals surface area contributed by atoms with E-state index in [-0.39, 0.29) is 24.3 Å². The van der Waals surface area contributed by atoms with Gasteiger partial charge in [-0.3, -0.25) is 9.59 Å². The molecule has 110 valence electrons. The minimum absolute atomic E-state index is 0.0188. The molecule has 0 heterocycles. The van der Waals surface area contributed by atoms with Gasteiger partial charge in [0.25, 0.3) is 0 Å². The number of halogens is 2. The summed E-state index contributed by atoms with van der Waals surface area (Å²) in [5, 5.41) is 5.70. The van der Waals surface area contributed by atoms with Gasteiger partial charge in [-0.25, -0.2) is 0 Å². The van der Waals surface area contributed by atoms with Gasteiger partial charge in [0.2, 0.25) is 11.8 Å². The number of nitrogens with one attached hydrogen (secondary N) is 2. The number of hydrogen-bond acceptors (Lipinski definition) is 3. The van der Waals surface area contributed by atoms with Crippen LogP contribution in [0.2, 0.25) is 5.02 Å². The van der Waals surface area contributed by atoms with E-state index in [9.17, 15) is 9.59 Å². The monoisotopic (exact) mass is 361 g/mol. The Hall–Kier alpha value is -1.11. The number of nitrogens with two attached hydrogens (primary N) is 1. The summed E-state index contributed by atoms with van der Waals surface area (Å²) in [6.45, 7) is 3.56. The molecule has 0 fully saturated rings. The number of anilines is 1. The summed E-state index contributed by atoms with van der Waals surface area (Å²) in [7, 11) is 0. The molecule has 0 aliphatic heterocycles. The Morgan fingerprint density at radius 3 is 2.60 bits per heavy atom. The fraction of sp³-hybridized carbons (Fsp3) is 0.385. The van der Waals surface area contributed by atoms with E-state index in [1.165, 1.54) is 0 Å². The molecular formula is C13H17BrClN3O2. The molecule has 7 heteroatoms. The van der Waals surface area contributed by atoms with Gasteiger partial charge in [-0.2, -0.15) is 0 Å². The lowest BCUT2D eigenvalue weighted by atomic mass is 10.1. The maximum atomic E-state index is 11.7. The Morgan fingerprint density at radius 1 is 1.40 bits per heavy atom. The zero-order valence-corrected chi connectivity index (χ0v) is 13.6. The Labute approximate surface area is 131 Å². The predicted molar refractivity (Wildman–Crippen MR) is 83.6 cm³/mol.